The van der Waals surface area contributed by atoms with Gasteiger partial charge in [-0.3, -0.25) is 9.40 Å². The summed E-state index contributed by atoms with van der Waals surface area (Å²) in [5, 5.41) is 3.81. The van der Waals surface area contributed by atoms with Gasteiger partial charge in [-0.1, -0.05) is 0 Å². The van der Waals surface area contributed by atoms with Crippen LogP contribution in [0.3, 0.4) is 0 Å². The number of hydrogen-bond donors (Lipinski definition) is 2. The molecule has 1 aromatic heterocycles. The predicted octanol–water partition coefficient (Wildman–Crippen LogP) is 1.20. The van der Waals surface area contributed by atoms with Gasteiger partial charge in [0, 0.05) is 18.9 Å². The minimum Gasteiger partial charge on any atom is -0.494 e. The third-order valence-corrected chi connectivity index (χ3v) is 3.93. The van der Waals surface area contributed by atoms with Crippen LogP contribution in [0.2, 0.25) is 0 Å². The van der Waals surface area contributed by atoms with Gasteiger partial charge in [-0.2, -0.15) is 5.10 Å². The van der Waals surface area contributed by atoms with Crippen LogP contribution in [0.25, 0.3) is 0 Å². The molecular weight excluding hydrogens is 280 g/mol. The number of hydrogen-bond acceptors (Lipinski definition) is 5. The number of anilines is 2. The van der Waals surface area contributed by atoms with Gasteiger partial charge in [-0.25, -0.2) is 8.42 Å². The highest BCUT2D eigenvalue weighted by Gasteiger charge is 2.20. The lowest BCUT2D eigenvalue weighted by atomic mass is 10.3. The number of ether oxygens (including phenoxy) is 1. The van der Waals surface area contributed by atoms with Crippen LogP contribution in [-0.4, -0.2) is 24.8 Å². The smallest absolute Gasteiger partial charge is 0.267 e. The standard InChI is InChI=1S/C12H16N4O3S/c1-3-19-10-6-4-9(5-7-10)15-20(17,18)11-8-16(2)14-12(11)13/h4-8,15H,3H2,1-2H3,(H2,13,14). The maximum atomic E-state index is 12.2. The Balaban J connectivity index is 2.22. The summed E-state index contributed by atoms with van der Waals surface area (Å²) in [6, 6.07) is 6.62. The Labute approximate surface area is 117 Å². The van der Waals surface area contributed by atoms with Crippen LogP contribution in [0, 0.1) is 0 Å². The van der Waals surface area contributed by atoms with Crippen molar-refractivity contribution in [2.75, 3.05) is 17.1 Å². The number of nitrogens with two attached hydrogens (primary N) is 1. The second-order valence-corrected chi connectivity index (χ2v) is 5.77. The van der Waals surface area contributed by atoms with Crippen molar-refractivity contribution in [2.24, 2.45) is 7.05 Å². The Morgan fingerprint density at radius 3 is 2.50 bits per heavy atom. The fraction of sp³-hybridized carbons (Fsp3) is 0.250. The number of aromatic nitrogens is 2. The maximum absolute atomic E-state index is 12.2. The minimum atomic E-state index is -3.75. The quantitative estimate of drug-likeness (QED) is 0.863. The number of rotatable bonds is 5. The van der Waals surface area contributed by atoms with Gasteiger partial charge < -0.3 is 10.5 Å². The van der Waals surface area contributed by atoms with Crippen LogP contribution in [0.4, 0.5) is 11.5 Å². The first kappa shape index (κ1) is 14.2. The first-order chi connectivity index (χ1) is 9.42. The van der Waals surface area contributed by atoms with Gasteiger partial charge in [0.2, 0.25) is 0 Å². The van der Waals surface area contributed by atoms with Crippen molar-refractivity contribution in [3.63, 3.8) is 0 Å². The third-order valence-electron chi connectivity index (χ3n) is 2.53. The Hall–Kier alpha value is -2.22. The molecule has 0 amide bonds. The molecule has 1 heterocycles. The largest absolute Gasteiger partial charge is 0.494 e. The molecule has 108 valence electrons. The molecule has 0 saturated heterocycles. The molecule has 2 rings (SSSR count). The van der Waals surface area contributed by atoms with Gasteiger partial charge >= 0.3 is 0 Å². The zero-order valence-electron chi connectivity index (χ0n) is 11.2. The highest BCUT2D eigenvalue weighted by molar-refractivity contribution is 7.92. The number of sulfonamides is 1. The summed E-state index contributed by atoms with van der Waals surface area (Å²) in [5.74, 6) is 0.641. The fourth-order valence-corrected chi connectivity index (χ4v) is 2.85. The van der Waals surface area contributed by atoms with E-state index >= 15 is 0 Å². The van der Waals surface area contributed by atoms with Gasteiger partial charge in [0.15, 0.2) is 5.82 Å². The van der Waals surface area contributed by atoms with Crippen LogP contribution in [0.1, 0.15) is 6.92 Å². The highest BCUT2D eigenvalue weighted by atomic mass is 32.2. The molecule has 0 aliphatic carbocycles. The van der Waals surface area contributed by atoms with Crippen LogP contribution in [0.5, 0.6) is 5.75 Å². The van der Waals surface area contributed by atoms with Crippen molar-refractivity contribution < 1.29 is 13.2 Å². The van der Waals surface area contributed by atoms with Crippen molar-refractivity contribution >= 4 is 21.5 Å². The molecule has 0 aliphatic heterocycles. The lowest BCUT2D eigenvalue weighted by Gasteiger charge is -2.08. The molecule has 0 spiro atoms. The van der Waals surface area contributed by atoms with E-state index in [0.717, 1.165) is 0 Å². The zero-order valence-corrected chi connectivity index (χ0v) is 12.0. The van der Waals surface area contributed by atoms with Crippen LogP contribution >= 0.6 is 0 Å². The Morgan fingerprint density at radius 1 is 1.35 bits per heavy atom. The monoisotopic (exact) mass is 296 g/mol. The predicted molar refractivity (Wildman–Crippen MR) is 76.0 cm³/mol. The SMILES string of the molecule is CCOc1ccc(NS(=O)(=O)c2cn(C)nc2N)cc1. The maximum Gasteiger partial charge on any atom is 0.267 e. The van der Waals surface area contributed by atoms with Crippen molar-refractivity contribution in [1.82, 2.24) is 9.78 Å². The summed E-state index contributed by atoms with van der Waals surface area (Å²) in [7, 11) is -2.14. The summed E-state index contributed by atoms with van der Waals surface area (Å²) in [5.41, 5.74) is 6.00. The lowest BCUT2D eigenvalue weighted by molar-refractivity contribution is 0.340. The molecule has 0 saturated carbocycles. The molecule has 0 atom stereocenters. The molecule has 7 nitrogen and oxygen atoms in total. The molecule has 2 aromatic rings. The fourth-order valence-electron chi connectivity index (χ4n) is 1.69. The van der Waals surface area contributed by atoms with E-state index in [2.05, 4.69) is 9.82 Å². The average molecular weight is 296 g/mol. The van der Waals surface area contributed by atoms with Crippen molar-refractivity contribution in [3.05, 3.63) is 30.5 Å². The minimum absolute atomic E-state index is 0.0362. The van der Waals surface area contributed by atoms with Gasteiger partial charge in [0.05, 0.1) is 6.61 Å². The van der Waals surface area contributed by atoms with E-state index in [-0.39, 0.29) is 10.7 Å². The summed E-state index contributed by atoms with van der Waals surface area (Å²) in [6.07, 6.45) is 1.35. The summed E-state index contributed by atoms with van der Waals surface area (Å²) < 4.78 is 33.4. The third kappa shape index (κ3) is 3.02. The van der Waals surface area contributed by atoms with Gasteiger partial charge in [-0.05, 0) is 31.2 Å². The van der Waals surface area contributed by atoms with E-state index in [1.54, 1.807) is 31.3 Å². The molecule has 0 unspecified atom stereocenters. The topological polar surface area (TPSA) is 99.2 Å². The molecule has 0 fully saturated rings. The molecule has 8 heteroatoms. The highest BCUT2D eigenvalue weighted by Crippen LogP contribution is 2.21. The first-order valence-corrected chi connectivity index (χ1v) is 7.45. The Morgan fingerprint density at radius 2 is 2.00 bits per heavy atom. The van der Waals surface area contributed by atoms with E-state index in [1.165, 1.54) is 10.9 Å². The molecule has 0 bridgehead atoms. The Kier molecular flexibility index (Phi) is 3.84. The normalized spacial score (nSPS) is 11.3. The van der Waals surface area contributed by atoms with Gasteiger partial charge in [-0.15, -0.1) is 0 Å². The van der Waals surface area contributed by atoms with E-state index in [1.807, 2.05) is 6.92 Å². The van der Waals surface area contributed by atoms with Gasteiger partial charge in [0.1, 0.15) is 10.6 Å². The molecule has 0 radical (unpaired) electrons. The number of nitrogens with one attached hydrogen (secondary N) is 1. The number of nitrogen functional groups attached to an aromatic ring is 1. The van der Waals surface area contributed by atoms with E-state index < -0.39 is 10.0 Å². The average Bonchev–Trinajstić information content (AvgIpc) is 2.72. The molecule has 3 N–H and O–H groups in total. The first-order valence-electron chi connectivity index (χ1n) is 5.97. The van der Waals surface area contributed by atoms with Crippen molar-refractivity contribution in [1.29, 1.82) is 0 Å². The summed E-state index contributed by atoms with van der Waals surface area (Å²) in [4.78, 5) is -0.0473. The van der Waals surface area contributed by atoms with Crippen molar-refractivity contribution in [3.8, 4) is 5.75 Å². The molecular formula is C12H16N4O3S. The second kappa shape index (κ2) is 5.41. The molecule has 20 heavy (non-hydrogen) atoms. The lowest BCUT2D eigenvalue weighted by Crippen LogP contribution is -2.13. The number of benzene rings is 1. The summed E-state index contributed by atoms with van der Waals surface area (Å²) in [6.45, 7) is 2.43. The van der Waals surface area contributed by atoms with Crippen molar-refractivity contribution in [2.45, 2.75) is 11.8 Å². The van der Waals surface area contributed by atoms with Crippen LogP contribution < -0.4 is 15.2 Å². The second-order valence-electron chi connectivity index (χ2n) is 4.12. The Bertz CT molecular complexity index is 692. The number of nitrogens with zero attached hydrogens (tertiary/aromatic N) is 2. The van der Waals surface area contributed by atoms with E-state index in [0.29, 0.717) is 18.0 Å². The van der Waals surface area contributed by atoms with E-state index in [9.17, 15) is 8.42 Å². The molecule has 1 aromatic carbocycles. The zero-order chi connectivity index (χ0) is 14.8. The van der Waals surface area contributed by atoms with Gasteiger partial charge in [0.25, 0.3) is 10.0 Å². The molecule has 0 aliphatic rings. The van der Waals surface area contributed by atoms with Crippen LogP contribution in [-0.2, 0) is 17.1 Å². The number of aryl methyl sites for hydroxylation is 1. The summed E-state index contributed by atoms with van der Waals surface area (Å²) >= 11 is 0. The van der Waals surface area contributed by atoms with E-state index in [4.69, 9.17) is 10.5 Å². The van der Waals surface area contributed by atoms with Crippen LogP contribution in [0.15, 0.2) is 35.4 Å².